The monoisotopic (exact) mass is 296 g/mol. The molecule has 2 N–H and O–H groups in total. The van der Waals surface area contributed by atoms with Crippen LogP contribution in [0.25, 0.3) is 0 Å². The van der Waals surface area contributed by atoms with Crippen molar-refractivity contribution in [1.82, 2.24) is 4.98 Å². The Kier molecular flexibility index (Phi) is 3.28. The predicted molar refractivity (Wildman–Crippen MR) is 67.6 cm³/mol. The number of nitrogens with zero attached hydrogens (tertiary/aromatic N) is 1. The highest BCUT2D eigenvalue weighted by molar-refractivity contribution is 9.10. The summed E-state index contributed by atoms with van der Waals surface area (Å²) in [7, 11) is 0. The molecule has 0 aliphatic carbocycles. The maximum Gasteiger partial charge on any atom is 0.219 e. The molecule has 5 heteroatoms. The number of aryl methyl sites for hydroxylation is 1. The van der Waals surface area contributed by atoms with Gasteiger partial charge in [0.25, 0.3) is 0 Å². The summed E-state index contributed by atoms with van der Waals surface area (Å²) in [4.78, 5) is 3.97. The first-order chi connectivity index (χ1) is 8.06. The van der Waals surface area contributed by atoms with E-state index in [4.69, 9.17) is 10.5 Å². The number of halogens is 2. The van der Waals surface area contributed by atoms with E-state index < -0.39 is 5.82 Å². The average molecular weight is 297 g/mol. The van der Waals surface area contributed by atoms with Crippen LogP contribution in [-0.2, 0) is 0 Å². The summed E-state index contributed by atoms with van der Waals surface area (Å²) in [6.07, 6.45) is 1.49. The molecule has 1 aromatic heterocycles. The van der Waals surface area contributed by atoms with Crippen LogP contribution in [0.1, 0.15) is 5.56 Å². The Balaban J connectivity index is 2.28. The Morgan fingerprint density at radius 3 is 2.76 bits per heavy atom. The van der Waals surface area contributed by atoms with Gasteiger partial charge in [0, 0.05) is 10.5 Å². The van der Waals surface area contributed by atoms with Crippen LogP contribution in [0.15, 0.2) is 34.9 Å². The number of nitrogens with two attached hydrogens (primary N) is 1. The minimum Gasteiger partial charge on any atom is -0.436 e. The highest BCUT2D eigenvalue weighted by Crippen LogP contribution is 2.26. The average Bonchev–Trinajstić information content (AvgIpc) is 2.27. The van der Waals surface area contributed by atoms with Crippen molar-refractivity contribution in [2.45, 2.75) is 6.92 Å². The molecule has 0 fully saturated rings. The number of pyridine rings is 1. The smallest absolute Gasteiger partial charge is 0.219 e. The second-order valence-electron chi connectivity index (χ2n) is 3.56. The number of nitrogen functional groups attached to an aromatic ring is 1. The molecule has 0 atom stereocenters. The van der Waals surface area contributed by atoms with E-state index in [-0.39, 0.29) is 5.75 Å². The van der Waals surface area contributed by atoms with Crippen molar-refractivity contribution in [2.24, 2.45) is 0 Å². The van der Waals surface area contributed by atoms with Gasteiger partial charge in [-0.2, -0.15) is 0 Å². The molecule has 2 rings (SSSR count). The lowest BCUT2D eigenvalue weighted by Crippen LogP contribution is -1.95. The molecule has 0 saturated heterocycles. The summed E-state index contributed by atoms with van der Waals surface area (Å²) in [6.45, 7) is 1.84. The van der Waals surface area contributed by atoms with Crippen LogP contribution in [0.5, 0.6) is 11.6 Å². The van der Waals surface area contributed by atoms with E-state index in [9.17, 15) is 4.39 Å². The normalized spacial score (nSPS) is 10.3. The topological polar surface area (TPSA) is 48.1 Å². The molecular weight excluding hydrogens is 287 g/mol. The number of benzene rings is 1. The molecule has 3 nitrogen and oxygen atoms in total. The van der Waals surface area contributed by atoms with Crippen LogP contribution in [0.3, 0.4) is 0 Å². The Morgan fingerprint density at radius 2 is 2.12 bits per heavy atom. The van der Waals surface area contributed by atoms with Crippen molar-refractivity contribution >= 4 is 21.6 Å². The highest BCUT2D eigenvalue weighted by atomic mass is 79.9. The summed E-state index contributed by atoms with van der Waals surface area (Å²) >= 11 is 3.18. The van der Waals surface area contributed by atoms with Crippen LogP contribution in [0, 0.1) is 12.7 Å². The maximum atomic E-state index is 13.5. The van der Waals surface area contributed by atoms with Gasteiger partial charge < -0.3 is 10.5 Å². The van der Waals surface area contributed by atoms with Gasteiger partial charge in [0.1, 0.15) is 0 Å². The molecule has 1 heterocycles. The third-order valence-electron chi connectivity index (χ3n) is 2.23. The minimum absolute atomic E-state index is 0.130. The number of ether oxygens (including phenoxy) is 1. The van der Waals surface area contributed by atoms with Crippen molar-refractivity contribution in [3.63, 3.8) is 0 Å². The first kappa shape index (κ1) is 11.9. The van der Waals surface area contributed by atoms with E-state index in [2.05, 4.69) is 20.9 Å². The van der Waals surface area contributed by atoms with Crippen molar-refractivity contribution in [3.8, 4) is 11.6 Å². The Labute approximate surface area is 107 Å². The molecular formula is C12H10BrFN2O. The van der Waals surface area contributed by atoms with Crippen LogP contribution in [-0.4, -0.2) is 4.98 Å². The van der Waals surface area contributed by atoms with Gasteiger partial charge in [0.05, 0.1) is 11.9 Å². The van der Waals surface area contributed by atoms with Crippen LogP contribution < -0.4 is 10.5 Å². The van der Waals surface area contributed by atoms with Gasteiger partial charge in [0.15, 0.2) is 11.6 Å². The molecule has 0 amide bonds. The van der Waals surface area contributed by atoms with Gasteiger partial charge in [0.2, 0.25) is 5.88 Å². The summed E-state index contributed by atoms with van der Waals surface area (Å²) in [5, 5.41) is 0. The van der Waals surface area contributed by atoms with Crippen LogP contribution >= 0.6 is 15.9 Å². The van der Waals surface area contributed by atoms with E-state index >= 15 is 0 Å². The first-order valence-electron chi connectivity index (χ1n) is 4.91. The molecule has 1 aromatic carbocycles. The van der Waals surface area contributed by atoms with Crippen molar-refractivity contribution < 1.29 is 9.13 Å². The van der Waals surface area contributed by atoms with Crippen LogP contribution in [0.2, 0.25) is 0 Å². The molecule has 0 aliphatic rings. The van der Waals surface area contributed by atoms with Gasteiger partial charge in [-0.3, -0.25) is 0 Å². The molecule has 0 saturated carbocycles. The third-order valence-corrected chi connectivity index (χ3v) is 2.73. The first-order valence-corrected chi connectivity index (χ1v) is 5.70. The second-order valence-corrected chi connectivity index (χ2v) is 4.47. The van der Waals surface area contributed by atoms with E-state index in [0.29, 0.717) is 16.0 Å². The summed E-state index contributed by atoms with van der Waals surface area (Å²) in [5.41, 5.74) is 7.05. The number of rotatable bonds is 2. The van der Waals surface area contributed by atoms with Gasteiger partial charge >= 0.3 is 0 Å². The fraction of sp³-hybridized carbons (Fsp3) is 0.0833. The van der Waals surface area contributed by atoms with Crippen molar-refractivity contribution in [1.29, 1.82) is 0 Å². The lowest BCUT2D eigenvalue weighted by molar-refractivity contribution is 0.427. The lowest BCUT2D eigenvalue weighted by Gasteiger charge is -2.07. The Hall–Kier alpha value is -1.62. The van der Waals surface area contributed by atoms with Crippen molar-refractivity contribution in [3.05, 3.63) is 46.3 Å². The summed E-state index contributed by atoms with van der Waals surface area (Å²) < 4.78 is 19.5. The Morgan fingerprint density at radius 1 is 1.35 bits per heavy atom. The zero-order chi connectivity index (χ0) is 12.4. The van der Waals surface area contributed by atoms with Gasteiger partial charge in [-0.15, -0.1) is 0 Å². The van der Waals surface area contributed by atoms with Crippen molar-refractivity contribution in [2.75, 3.05) is 5.73 Å². The van der Waals surface area contributed by atoms with Gasteiger partial charge in [-0.25, -0.2) is 9.37 Å². The number of hydrogen-bond acceptors (Lipinski definition) is 3. The molecule has 0 aliphatic heterocycles. The number of anilines is 1. The van der Waals surface area contributed by atoms with E-state index in [1.807, 2.05) is 6.92 Å². The lowest BCUT2D eigenvalue weighted by atomic mass is 10.2. The second kappa shape index (κ2) is 4.71. The molecule has 0 spiro atoms. The third kappa shape index (κ3) is 2.74. The van der Waals surface area contributed by atoms with Gasteiger partial charge in [-0.1, -0.05) is 15.9 Å². The van der Waals surface area contributed by atoms with E-state index in [0.717, 1.165) is 5.56 Å². The molecule has 0 radical (unpaired) electrons. The zero-order valence-electron chi connectivity index (χ0n) is 9.08. The SMILES string of the molecule is Cc1cc(Oc2ccc(Br)cc2F)ncc1N. The maximum absolute atomic E-state index is 13.5. The number of hydrogen-bond donors (Lipinski definition) is 1. The van der Waals surface area contributed by atoms with E-state index in [1.54, 1.807) is 12.1 Å². The summed E-state index contributed by atoms with van der Waals surface area (Å²) in [5.74, 6) is -0.00144. The zero-order valence-corrected chi connectivity index (χ0v) is 10.7. The number of aromatic nitrogens is 1. The van der Waals surface area contributed by atoms with Crippen LogP contribution in [0.4, 0.5) is 10.1 Å². The van der Waals surface area contributed by atoms with Gasteiger partial charge in [-0.05, 0) is 30.7 Å². The molecule has 17 heavy (non-hydrogen) atoms. The predicted octanol–water partition coefficient (Wildman–Crippen LogP) is 3.67. The molecule has 88 valence electrons. The minimum atomic E-state index is -0.448. The fourth-order valence-corrected chi connectivity index (χ4v) is 1.60. The largest absolute Gasteiger partial charge is 0.436 e. The fourth-order valence-electron chi connectivity index (χ4n) is 1.27. The Bertz CT molecular complexity index is 560. The summed E-state index contributed by atoms with van der Waals surface area (Å²) in [6, 6.07) is 6.23. The molecule has 2 aromatic rings. The van der Waals surface area contributed by atoms with E-state index in [1.165, 1.54) is 18.3 Å². The molecule has 0 unspecified atom stereocenters. The quantitative estimate of drug-likeness (QED) is 0.920. The standard InChI is InChI=1S/C12H10BrFN2O/c1-7-4-12(16-6-10(7)15)17-11-3-2-8(13)5-9(11)14/h2-6H,15H2,1H3. The molecule has 0 bridgehead atoms. The highest BCUT2D eigenvalue weighted by Gasteiger charge is 2.07.